The van der Waals surface area contributed by atoms with Crippen LogP contribution >= 0.6 is 0 Å². The van der Waals surface area contributed by atoms with E-state index in [9.17, 15) is 0 Å². The lowest BCUT2D eigenvalue weighted by molar-refractivity contribution is 0.159. The molecular weight excluding hydrogens is 200 g/mol. The first-order chi connectivity index (χ1) is 7.53. The minimum Gasteiger partial charge on any atom is -0.385 e. The molecule has 1 fully saturated rings. The van der Waals surface area contributed by atoms with Gasteiger partial charge < -0.3 is 15.0 Å². The second-order valence-electron chi connectivity index (χ2n) is 5.90. The fourth-order valence-electron chi connectivity index (χ4n) is 2.05. The summed E-state index contributed by atoms with van der Waals surface area (Å²) in [5.41, 5.74) is 0.365. The Kier molecular flexibility index (Phi) is 5.73. The van der Waals surface area contributed by atoms with E-state index in [2.05, 4.69) is 31.1 Å². The molecule has 0 unspecified atom stereocenters. The quantitative estimate of drug-likeness (QED) is 0.608. The van der Waals surface area contributed by atoms with Crippen LogP contribution in [-0.2, 0) is 4.74 Å². The van der Waals surface area contributed by atoms with Crippen molar-refractivity contribution in [3.05, 3.63) is 0 Å². The molecule has 1 aliphatic rings. The summed E-state index contributed by atoms with van der Waals surface area (Å²) in [6.07, 6.45) is 3.87. The third-order valence-corrected chi connectivity index (χ3v) is 3.03. The zero-order valence-corrected chi connectivity index (χ0v) is 11.4. The molecule has 0 atom stereocenters. The second-order valence-corrected chi connectivity index (χ2v) is 5.90. The molecule has 0 aromatic rings. The molecule has 1 saturated carbocycles. The average Bonchev–Trinajstić information content (AvgIpc) is 2.98. The number of rotatable bonds is 9. The summed E-state index contributed by atoms with van der Waals surface area (Å²) >= 11 is 0. The van der Waals surface area contributed by atoms with Crippen LogP contribution in [0.4, 0.5) is 0 Å². The van der Waals surface area contributed by atoms with Crippen molar-refractivity contribution in [1.82, 2.24) is 10.2 Å². The lowest BCUT2D eigenvalue weighted by Gasteiger charge is -2.30. The van der Waals surface area contributed by atoms with Gasteiger partial charge in [-0.3, -0.25) is 0 Å². The highest BCUT2D eigenvalue weighted by atomic mass is 16.5. The molecule has 1 aliphatic carbocycles. The van der Waals surface area contributed by atoms with Gasteiger partial charge in [0.15, 0.2) is 0 Å². The Labute approximate surface area is 101 Å². The highest BCUT2D eigenvalue weighted by Gasteiger charge is 2.25. The van der Waals surface area contributed by atoms with Gasteiger partial charge in [0.05, 0.1) is 0 Å². The van der Waals surface area contributed by atoms with Crippen LogP contribution in [0.1, 0.15) is 33.1 Å². The van der Waals surface area contributed by atoms with Gasteiger partial charge in [-0.2, -0.15) is 0 Å². The van der Waals surface area contributed by atoms with Crippen molar-refractivity contribution in [2.45, 2.75) is 39.2 Å². The molecule has 16 heavy (non-hydrogen) atoms. The molecule has 0 saturated heterocycles. The Balaban J connectivity index is 2.10. The first-order valence-electron chi connectivity index (χ1n) is 6.44. The van der Waals surface area contributed by atoms with Crippen LogP contribution in [0.5, 0.6) is 0 Å². The van der Waals surface area contributed by atoms with Crippen molar-refractivity contribution in [2.24, 2.45) is 5.41 Å². The molecule has 0 heterocycles. The first-order valence-corrected chi connectivity index (χ1v) is 6.44. The van der Waals surface area contributed by atoms with E-state index in [0.29, 0.717) is 5.41 Å². The molecule has 0 aromatic heterocycles. The molecule has 0 radical (unpaired) electrons. The van der Waals surface area contributed by atoms with Crippen molar-refractivity contribution < 1.29 is 4.74 Å². The molecule has 0 amide bonds. The Morgan fingerprint density at radius 1 is 1.38 bits per heavy atom. The SMILES string of the molecule is COCCCN(C)CC(C)(C)CNC1CC1. The highest BCUT2D eigenvalue weighted by Crippen LogP contribution is 2.22. The number of hydrogen-bond acceptors (Lipinski definition) is 3. The van der Waals surface area contributed by atoms with Gasteiger partial charge in [0.2, 0.25) is 0 Å². The van der Waals surface area contributed by atoms with Gasteiger partial charge in [-0.1, -0.05) is 13.8 Å². The maximum atomic E-state index is 5.07. The van der Waals surface area contributed by atoms with E-state index in [0.717, 1.165) is 38.7 Å². The van der Waals surface area contributed by atoms with Gasteiger partial charge in [-0.25, -0.2) is 0 Å². The fraction of sp³-hybridized carbons (Fsp3) is 1.00. The van der Waals surface area contributed by atoms with E-state index in [-0.39, 0.29) is 0 Å². The van der Waals surface area contributed by atoms with Crippen molar-refractivity contribution in [2.75, 3.05) is 40.4 Å². The predicted octanol–water partition coefficient (Wildman–Crippen LogP) is 1.73. The number of nitrogens with one attached hydrogen (secondary N) is 1. The monoisotopic (exact) mass is 228 g/mol. The number of methoxy groups -OCH3 is 1. The topological polar surface area (TPSA) is 24.5 Å². The second kappa shape index (κ2) is 6.58. The van der Waals surface area contributed by atoms with Crippen LogP contribution in [0.25, 0.3) is 0 Å². The number of hydrogen-bond donors (Lipinski definition) is 1. The Morgan fingerprint density at radius 2 is 2.06 bits per heavy atom. The Hall–Kier alpha value is -0.120. The largest absolute Gasteiger partial charge is 0.385 e. The van der Waals surface area contributed by atoms with E-state index in [4.69, 9.17) is 4.74 Å². The maximum absolute atomic E-state index is 5.07. The van der Waals surface area contributed by atoms with Crippen molar-refractivity contribution in [1.29, 1.82) is 0 Å². The standard InChI is InChI=1S/C13H28N2O/c1-13(2,10-14-12-6-7-12)11-15(3)8-5-9-16-4/h12,14H,5-11H2,1-4H3. The molecule has 0 spiro atoms. The van der Waals surface area contributed by atoms with E-state index >= 15 is 0 Å². The summed E-state index contributed by atoms with van der Waals surface area (Å²) < 4.78 is 5.07. The molecule has 0 aliphatic heterocycles. The fourth-order valence-corrected chi connectivity index (χ4v) is 2.05. The van der Waals surface area contributed by atoms with E-state index < -0.39 is 0 Å². The molecule has 3 heteroatoms. The van der Waals surface area contributed by atoms with Gasteiger partial charge in [-0.15, -0.1) is 0 Å². The summed E-state index contributed by atoms with van der Waals surface area (Å²) in [6, 6.07) is 0.818. The Morgan fingerprint density at radius 3 is 2.62 bits per heavy atom. The summed E-state index contributed by atoms with van der Waals surface area (Å²) in [5, 5.41) is 3.62. The van der Waals surface area contributed by atoms with Crippen LogP contribution in [-0.4, -0.2) is 51.3 Å². The van der Waals surface area contributed by atoms with Crippen LogP contribution in [0.15, 0.2) is 0 Å². The van der Waals surface area contributed by atoms with E-state index in [1.807, 2.05) is 0 Å². The zero-order chi connectivity index (χ0) is 12.0. The van der Waals surface area contributed by atoms with Crippen LogP contribution in [0.3, 0.4) is 0 Å². The lowest BCUT2D eigenvalue weighted by atomic mass is 9.92. The molecule has 0 bridgehead atoms. The smallest absolute Gasteiger partial charge is 0.0474 e. The molecule has 3 nitrogen and oxygen atoms in total. The molecule has 0 aromatic carbocycles. The van der Waals surface area contributed by atoms with E-state index in [1.54, 1.807) is 7.11 Å². The van der Waals surface area contributed by atoms with Crippen molar-refractivity contribution in [3.8, 4) is 0 Å². The maximum Gasteiger partial charge on any atom is 0.0474 e. The third-order valence-electron chi connectivity index (χ3n) is 3.03. The van der Waals surface area contributed by atoms with Crippen LogP contribution < -0.4 is 5.32 Å². The van der Waals surface area contributed by atoms with Crippen molar-refractivity contribution >= 4 is 0 Å². The molecular formula is C13H28N2O. The minimum absolute atomic E-state index is 0.365. The average molecular weight is 228 g/mol. The number of nitrogens with zero attached hydrogens (tertiary/aromatic N) is 1. The van der Waals surface area contributed by atoms with Gasteiger partial charge in [0.25, 0.3) is 0 Å². The van der Waals surface area contributed by atoms with Crippen molar-refractivity contribution in [3.63, 3.8) is 0 Å². The summed E-state index contributed by atoms with van der Waals surface area (Å²) in [5.74, 6) is 0. The third kappa shape index (κ3) is 6.46. The van der Waals surface area contributed by atoms with Gasteiger partial charge in [0, 0.05) is 39.4 Å². The van der Waals surface area contributed by atoms with Gasteiger partial charge in [0.1, 0.15) is 0 Å². The molecule has 1 N–H and O–H groups in total. The zero-order valence-electron chi connectivity index (χ0n) is 11.4. The minimum atomic E-state index is 0.365. The van der Waals surface area contributed by atoms with E-state index in [1.165, 1.54) is 12.8 Å². The molecule has 1 rings (SSSR count). The normalized spacial score (nSPS) is 17.1. The summed E-state index contributed by atoms with van der Waals surface area (Å²) in [4.78, 5) is 2.41. The Bertz CT molecular complexity index is 190. The highest BCUT2D eigenvalue weighted by molar-refractivity contribution is 4.84. The van der Waals surface area contributed by atoms with Crippen LogP contribution in [0.2, 0.25) is 0 Å². The number of ether oxygens (including phenoxy) is 1. The van der Waals surface area contributed by atoms with Gasteiger partial charge >= 0.3 is 0 Å². The molecule has 96 valence electrons. The first kappa shape index (κ1) is 13.9. The predicted molar refractivity (Wildman–Crippen MR) is 68.8 cm³/mol. The van der Waals surface area contributed by atoms with Gasteiger partial charge in [-0.05, 0) is 31.7 Å². The summed E-state index contributed by atoms with van der Waals surface area (Å²) in [6.45, 7) is 8.96. The summed E-state index contributed by atoms with van der Waals surface area (Å²) in [7, 11) is 3.97. The lowest BCUT2D eigenvalue weighted by Crippen LogP contribution is -2.40. The van der Waals surface area contributed by atoms with Crippen LogP contribution in [0, 0.1) is 5.41 Å².